The molecule has 0 amide bonds. The van der Waals surface area contributed by atoms with Crippen molar-refractivity contribution < 1.29 is 9.90 Å². The summed E-state index contributed by atoms with van der Waals surface area (Å²) in [7, 11) is 0. The van der Waals surface area contributed by atoms with E-state index in [9.17, 15) is 4.79 Å². The molecule has 3 aliphatic rings. The number of carboxylic acid groups (broad SMARTS) is 1. The van der Waals surface area contributed by atoms with Crippen molar-refractivity contribution in [3.8, 4) is 0 Å². The third-order valence-electron chi connectivity index (χ3n) is 4.58. The van der Waals surface area contributed by atoms with Gasteiger partial charge in [0.25, 0.3) is 0 Å². The first-order chi connectivity index (χ1) is 6.75. The first kappa shape index (κ1) is 8.51. The number of fused-ring (bicyclic) bond motifs is 5. The quantitative estimate of drug-likeness (QED) is 0.682. The van der Waals surface area contributed by atoms with E-state index in [0.29, 0.717) is 18.3 Å². The van der Waals surface area contributed by atoms with Gasteiger partial charge in [-0.2, -0.15) is 0 Å². The number of rotatable bonds is 2. The third kappa shape index (κ3) is 1.06. The Labute approximate surface area is 84.0 Å². The zero-order chi connectivity index (χ0) is 9.71. The van der Waals surface area contributed by atoms with Gasteiger partial charge in [-0.05, 0) is 48.9 Å². The summed E-state index contributed by atoms with van der Waals surface area (Å²) in [4.78, 5) is 10.7. The van der Waals surface area contributed by atoms with Crippen LogP contribution < -0.4 is 0 Å². The summed E-state index contributed by atoms with van der Waals surface area (Å²) in [6.45, 7) is 0. The highest BCUT2D eigenvalue weighted by Gasteiger charge is 2.52. The molecule has 0 aromatic heterocycles. The van der Waals surface area contributed by atoms with Crippen molar-refractivity contribution in [1.82, 2.24) is 0 Å². The summed E-state index contributed by atoms with van der Waals surface area (Å²) >= 11 is 0. The molecule has 0 saturated heterocycles. The number of hydrogen-bond donors (Lipinski definition) is 1. The molecule has 0 spiro atoms. The second-order valence-corrected chi connectivity index (χ2v) is 5.16. The Bertz CT molecular complexity index is 295. The summed E-state index contributed by atoms with van der Waals surface area (Å²) < 4.78 is 0. The Kier molecular flexibility index (Phi) is 1.73. The Morgan fingerprint density at radius 3 is 3.00 bits per heavy atom. The zero-order valence-corrected chi connectivity index (χ0v) is 8.23. The van der Waals surface area contributed by atoms with Crippen LogP contribution in [0.4, 0.5) is 0 Å². The van der Waals surface area contributed by atoms with Crippen LogP contribution in [0.25, 0.3) is 0 Å². The van der Waals surface area contributed by atoms with E-state index in [1.165, 1.54) is 19.3 Å². The molecular weight excluding hydrogens is 176 g/mol. The van der Waals surface area contributed by atoms with Crippen LogP contribution >= 0.6 is 0 Å². The molecule has 2 saturated carbocycles. The van der Waals surface area contributed by atoms with E-state index in [0.717, 1.165) is 17.8 Å². The van der Waals surface area contributed by atoms with E-state index in [1.54, 1.807) is 0 Å². The Morgan fingerprint density at radius 1 is 1.36 bits per heavy atom. The molecule has 2 heteroatoms. The Morgan fingerprint density at radius 2 is 2.21 bits per heavy atom. The van der Waals surface area contributed by atoms with Crippen molar-refractivity contribution in [2.24, 2.45) is 29.6 Å². The normalized spacial score (nSPS) is 48.4. The van der Waals surface area contributed by atoms with Crippen molar-refractivity contribution in [2.45, 2.75) is 25.7 Å². The summed E-state index contributed by atoms with van der Waals surface area (Å²) in [6, 6.07) is 0. The lowest BCUT2D eigenvalue weighted by Gasteiger charge is -2.30. The van der Waals surface area contributed by atoms with Gasteiger partial charge in [0.2, 0.25) is 0 Å². The number of carbonyl (C=O) groups is 1. The maximum Gasteiger partial charge on any atom is 0.303 e. The predicted octanol–water partition coefficient (Wildman–Crippen LogP) is 2.31. The highest BCUT2D eigenvalue weighted by atomic mass is 16.4. The predicted molar refractivity (Wildman–Crippen MR) is 52.7 cm³/mol. The number of carboxylic acids is 1. The van der Waals surface area contributed by atoms with Gasteiger partial charge < -0.3 is 5.11 Å². The van der Waals surface area contributed by atoms with Crippen molar-refractivity contribution >= 4 is 5.97 Å². The number of hydrogen-bond acceptors (Lipinski definition) is 1. The second kappa shape index (κ2) is 2.85. The zero-order valence-electron chi connectivity index (χ0n) is 8.23. The molecule has 2 bridgehead atoms. The van der Waals surface area contributed by atoms with Gasteiger partial charge in [0, 0.05) is 6.42 Å². The maximum absolute atomic E-state index is 10.7. The molecule has 14 heavy (non-hydrogen) atoms. The molecule has 3 rings (SSSR count). The third-order valence-corrected chi connectivity index (χ3v) is 4.58. The van der Waals surface area contributed by atoms with Crippen molar-refractivity contribution in [2.75, 3.05) is 0 Å². The molecule has 5 atom stereocenters. The van der Waals surface area contributed by atoms with Crippen LogP contribution in [-0.4, -0.2) is 11.1 Å². The van der Waals surface area contributed by atoms with Crippen LogP contribution in [0.2, 0.25) is 0 Å². The topological polar surface area (TPSA) is 37.3 Å². The van der Waals surface area contributed by atoms with Crippen LogP contribution in [0.5, 0.6) is 0 Å². The SMILES string of the molecule is O=C(O)C[C@H]1C[C@@H]2C[C@@H]1[C@H]1C=CC[C@H]21. The molecule has 0 unspecified atom stereocenters. The molecule has 2 nitrogen and oxygen atoms in total. The fourth-order valence-corrected chi connectivity index (χ4v) is 4.14. The lowest BCUT2D eigenvalue weighted by atomic mass is 9.74. The lowest BCUT2D eigenvalue weighted by Crippen LogP contribution is -2.25. The molecule has 0 aromatic carbocycles. The second-order valence-electron chi connectivity index (χ2n) is 5.16. The number of allylic oxidation sites excluding steroid dienone is 2. The molecule has 0 heterocycles. The molecular formula is C12H16O2. The molecule has 2 fully saturated rings. The van der Waals surface area contributed by atoms with Gasteiger partial charge >= 0.3 is 5.97 Å². The van der Waals surface area contributed by atoms with Gasteiger partial charge in [-0.3, -0.25) is 4.79 Å². The molecule has 76 valence electrons. The van der Waals surface area contributed by atoms with E-state index < -0.39 is 5.97 Å². The van der Waals surface area contributed by atoms with Crippen LogP contribution in [0.1, 0.15) is 25.7 Å². The summed E-state index contributed by atoms with van der Waals surface area (Å²) in [6.07, 6.45) is 8.79. The Balaban J connectivity index is 1.76. The van der Waals surface area contributed by atoms with E-state index in [4.69, 9.17) is 5.11 Å². The molecule has 0 aromatic rings. The molecule has 0 aliphatic heterocycles. The fourth-order valence-electron chi connectivity index (χ4n) is 4.14. The smallest absolute Gasteiger partial charge is 0.303 e. The van der Waals surface area contributed by atoms with Crippen LogP contribution in [0, 0.1) is 29.6 Å². The van der Waals surface area contributed by atoms with Crippen molar-refractivity contribution in [3.63, 3.8) is 0 Å². The van der Waals surface area contributed by atoms with E-state index in [1.807, 2.05) is 0 Å². The molecule has 1 N–H and O–H groups in total. The van der Waals surface area contributed by atoms with Gasteiger partial charge in [-0.25, -0.2) is 0 Å². The van der Waals surface area contributed by atoms with E-state index in [-0.39, 0.29) is 0 Å². The lowest BCUT2D eigenvalue weighted by molar-refractivity contribution is -0.138. The summed E-state index contributed by atoms with van der Waals surface area (Å²) in [5.74, 6) is 3.01. The highest BCUT2D eigenvalue weighted by Crippen LogP contribution is 2.59. The molecule has 3 aliphatic carbocycles. The van der Waals surface area contributed by atoms with Crippen LogP contribution in [0.15, 0.2) is 12.2 Å². The van der Waals surface area contributed by atoms with Gasteiger partial charge in [-0.15, -0.1) is 0 Å². The van der Waals surface area contributed by atoms with Gasteiger partial charge in [0.05, 0.1) is 0 Å². The van der Waals surface area contributed by atoms with Gasteiger partial charge in [-0.1, -0.05) is 12.2 Å². The van der Waals surface area contributed by atoms with Crippen molar-refractivity contribution in [3.05, 3.63) is 12.2 Å². The van der Waals surface area contributed by atoms with Gasteiger partial charge in [0.1, 0.15) is 0 Å². The molecule has 0 radical (unpaired) electrons. The maximum atomic E-state index is 10.7. The van der Waals surface area contributed by atoms with Crippen LogP contribution in [-0.2, 0) is 4.79 Å². The summed E-state index contributed by atoms with van der Waals surface area (Å²) in [5, 5.41) is 8.82. The minimum atomic E-state index is -0.610. The Hall–Kier alpha value is -0.790. The average Bonchev–Trinajstić information content (AvgIpc) is 2.68. The standard InChI is InChI=1S/C12H16O2/c13-12(14)6-8-4-7-5-11(8)10-3-1-2-9(7)10/h1,3,7-11H,2,4-6H2,(H,13,14)/t7-,8-,9-,10+,11+/m1/s1. The first-order valence-electron chi connectivity index (χ1n) is 5.64. The van der Waals surface area contributed by atoms with E-state index in [2.05, 4.69) is 12.2 Å². The largest absolute Gasteiger partial charge is 0.481 e. The van der Waals surface area contributed by atoms with Crippen LogP contribution in [0.3, 0.4) is 0 Å². The average molecular weight is 192 g/mol. The van der Waals surface area contributed by atoms with Gasteiger partial charge in [0.15, 0.2) is 0 Å². The minimum absolute atomic E-state index is 0.401. The number of aliphatic carboxylic acids is 1. The fraction of sp³-hybridized carbons (Fsp3) is 0.750. The summed E-state index contributed by atoms with van der Waals surface area (Å²) in [5.41, 5.74) is 0. The van der Waals surface area contributed by atoms with E-state index >= 15 is 0 Å². The highest BCUT2D eigenvalue weighted by molar-refractivity contribution is 5.67. The monoisotopic (exact) mass is 192 g/mol. The minimum Gasteiger partial charge on any atom is -0.481 e. The van der Waals surface area contributed by atoms with Crippen molar-refractivity contribution in [1.29, 1.82) is 0 Å². The first-order valence-corrected chi connectivity index (χ1v) is 5.64.